The fourth-order valence-electron chi connectivity index (χ4n) is 4.95. The number of benzene rings is 1. The number of hydrogen-bond donors (Lipinski definition) is 2. The molecule has 0 aliphatic carbocycles. The van der Waals surface area contributed by atoms with Crippen molar-refractivity contribution in [1.82, 2.24) is 15.1 Å². The van der Waals surface area contributed by atoms with E-state index in [4.69, 9.17) is 0 Å². The summed E-state index contributed by atoms with van der Waals surface area (Å²) < 4.78 is 0. The molecule has 4 rings (SSSR count). The van der Waals surface area contributed by atoms with Crippen LogP contribution in [0.15, 0.2) is 29.8 Å². The van der Waals surface area contributed by atoms with Crippen LogP contribution in [-0.4, -0.2) is 79.7 Å². The number of aliphatic hydroxyl groups is 1. The van der Waals surface area contributed by atoms with E-state index in [1.165, 1.54) is 32.1 Å². The molecule has 1 aromatic rings. The molecule has 3 aliphatic heterocycles. The summed E-state index contributed by atoms with van der Waals surface area (Å²) in [5, 5.41) is 14.3. The van der Waals surface area contributed by atoms with Crippen molar-refractivity contribution >= 4 is 17.4 Å². The summed E-state index contributed by atoms with van der Waals surface area (Å²) in [6.07, 6.45) is 6.16. The van der Waals surface area contributed by atoms with E-state index >= 15 is 0 Å². The van der Waals surface area contributed by atoms with Crippen molar-refractivity contribution in [3.8, 4) is 0 Å². The molecule has 3 heterocycles. The number of amides is 1. The van der Waals surface area contributed by atoms with Gasteiger partial charge in [0.15, 0.2) is 0 Å². The van der Waals surface area contributed by atoms with Gasteiger partial charge in [-0.2, -0.15) is 0 Å². The second-order valence-corrected chi connectivity index (χ2v) is 8.58. The van der Waals surface area contributed by atoms with Crippen LogP contribution in [0.3, 0.4) is 0 Å². The van der Waals surface area contributed by atoms with Gasteiger partial charge in [0.1, 0.15) is 11.8 Å². The molecule has 0 bridgehead atoms. The first kappa shape index (κ1) is 20.2. The van der Waals surface area contributed by atoms with Gasteiger partial charge in [0, 0.05) is 43.5 Å². The van der Waals surface area contributed by atoms with E-state index in [9.17, 15) is 9.90 Å². The largest absolute Gasteiger partial charge is 0.507 e. The quantitative estimate of drug-likeness (QED) is 0.771. The zero-order chi connectivity index (χ0) is 20.2. The monoisotopic (exact) mass is 398 g/mol. The van der Waals surface area contributed by atoms with Crippen molar-refractivity contribution in [2.45, 2.75) is 38.1 Å². The maximum atomic E-state index is 13.3. The van der Waals surface area contributed by atoms with Crippen LogP contribution in [0.25, 0.3) is 5.76 Å². The standard InChI is InChI=1S/C23H34N4O2/c1-25-20-10-4-3-9-18(20)22(28)19(17-27-14-5-2-6-15-27)21(25)23(29)24-11-16-26-12-7-8-13-26/h3-4,9-10,21,28H,2,5-8,11-17H2,1H3,(H,24,29). The Morgan fingerprint density at radius 2 is 1.69 bits per heavy atom. The summed E-state index contributed by atoms with van der Waals surface area (Å²) in [5.74, 6) is 0.267. The van der Waals surface area contributed by atoms with Gasteiger partial charge < -0.3 is 20.2 Å². The van der Waals surface area contributed by atoms with Gasteiger partial charge in [-0.3, -0.25) is 9.69 Å². The second-order valence-electron chi connectivity index (χ2n) is 8.58. The average Bonchev–Trinajstić information content (AvgIpc) is 3.26. The Kier molecular flexibility index (Phi) is 6.40. The van der Waals surface area contributed by atoms with E-state index in [-0.39, 0.29) is 11.7 Å². The Morgan fingerprint density at radius 3 is 2.45 bits per heavy atom. The number of nitrogens with zero attached hydrogens (tertiary/aromatic N) is 3. The number of hydrogen-bond acceptors (Lipinski definition) is 5. The molecule has 1 amide bonds. The van der Waals surface area contributed by atoms with E-state index in [0.717, 1.165) is 49.5 Å². The highest BCUT2D eigenvalue weighted by Crippen LogP contribution is 2.36. The Morgan fingerprint density at radius 1 is 1.03 bits per heavy atom. The molecule has 3 aliphatic rings. The van der Waals surface area contributed by atoms with Gasteiger partial charge in [-0.05, 0) is 64.0 Å². The SMILES string of the molecule is CN1c2ccccc2C(O)=C(CN2CCCCC2)C1C(=O)NCCN1CCCC1. The summed E-state index contributed by atoms with van der Waals surface area (Å²) in [6, 6.07) is 7.36. The molecule has 2 N–H and O–H groups in total. The first-order chi connectivity index (χ1) is 14.1. The third kappa shape index (κ3) is 4.43. The average molecular weight is 399 g/mol. The topological polar surface area (TPSA) is 59.1 Å². The van der Waals surface area contributed by atoms with Crippen LogP contribution in [0.4, 0.5) is 5.69 Å². The zero-order valence-electron chi connectivity index (χ0n) is 17.6. The van der Waals surface area contributed by atoms with E-state index in [0.29, 0.717) is 13.1 Å². The molecule has 0 aromatic heterocycles. The lowest BCUT2D eigenvalue weighted by atomic mass is 9.92. The number of likely N-dealkylation sites (N-methyl/N-ethyl adjacent to an activating group) is 1. The van der Waals surface area contributed by atoms with E-state index in [1.54, 1.807) is 0 Å². The molecule has 2 saturated heterocycles. The van der Waals surface area contributed by atoms with Gasteiger partial charge in [0.2, 0.25) is 5.91 Å². The van der Waals surface area contributed by atoms with Crippen molar-refractivity contribution in [3.63, 3.8) is 0 Å². The maximum absolute atomic E-state index is 13.3. The summed E-state index contributed by atoms with van der Waals surface area (Å²) in [6.45, 7) is 6.53. The molecule has 0 radical (unpaired) electrons. The molecule has 0 saturated carbocycles. The third-order valence-electron chi connectivity index (χ3n) is 6.58. The number of nitrogens with one attached hydrogen (secondary N) is 1. The van der Waals surface area contributed by atoms with Crippen LogP contribution in [0, 0.1) is 0 Å². The van der Waals surface area contributed by atoms with Crippen molar-refractivity contribution < 1.29 is 9.90 Å². The molecule has 158 valence electrons. The van der Waals surface area contributed by atoms with Crippen molar-refractivity contribution in [3.05, 3.63) is 35.4 Å². The predicted molar refractivity (Wildman–Crippen MR) is 117 cm³/mol. The van der Waals surface area contributed by atoms with Gasteiger partial charge in [0.25, 0.3) is 0 Å². The molecule has 0 spiro atoms. The van der Waals surface area contributed by atoms with Gasteiger partial charge in [-0.15, -0.1) is 0 Å². The molecular formula is C23H34N4O2. The van der Waals surface area contributed by atoms with Gasteiger partial charge >= 0.3 is 0 Å². The first-order valence-corrected chi connectivity index (χ1v) is 11.1. The highest BCUT2D eigenvalue weighted by molar-refractivity contribution is 5.95. The van der Waals surface area contributed by atoms with Crippen LogP contribution in [0.2, 0.25) is 0 Å². The normalized spacial score (nSPS) is 23.3. The number of aliphatic hydroxyl groups excluding tert-OH is 1. The van der Waals surface area contributed by atoms with Crippen LogP contribution in [-0.2, 0) is 4.79 Å². The minimum Gasteiger partial charge on any atom is -0.507 e. The Bertz CT molecular complexity index is 751. The Hall–Kier alpha value is -2.05. The van der Waals surface area contributed by atoms with Crippen LogP contribution in [0.5, 0.6) is 0 Å². The highest BCUT2D eigenvalue weighted by Gasteiger charge is 2.36. The van der Waals surface area contributed by atoms with Gasteiger partial charge in [-0.1, -0.05) is 18.6 Å². The maximum Gasteiger partial charge on any atom is 0.247 e. The molecule has 29 heavy (non-hydrogen) atoms. The highest BCUT2D eigenvalue weighted by atomic mass is 16.3. The van der Waals surface area contributed by atoms with Gasteiger partial charge in [0.05, 0.1) is 0 Å². The van der Waals surface area contributed by atoms with E-state index < -0.39 is 6.04 Å². The summed E-state index contributed by atoms with van der Waals surface area (Å²) in [4.78, 5) is 20.1. The molecule has 2 fully saturated rings. The third-order valence-corrected chi connectivity index (χ3v) is 6.58. The predicted octanol–water partition coefficient (Wildman–Crippen LogP) is 2.47. The fourth-order valence-corrected chi connectivity index (χ4v) is 4.95. The molecular weight excluding hydrogens is 364 g/mol. The zero-order valence-corrected chi connectivity index (χ0v) is 17.6. The van der Waals surface area contributed by atoms with Crippen LogP contribution in [0.1, 0.15) is 37.7 Å². The van der Waals surface area contributed by atoms with E-state index in [1.807, 2.05) is 36.2 Å². The van der Waals surface area contributed by atoms with Crippen molar-refractivity contribution in [2.24, 2.45) is 0 Å². The fraction of sp³-hybridized carbons (Fsp3) is 0.609. The number of fused-ring (bicyclic) bond motifs is 1. The minimum absolute atomic E-state index is 0.0141. The summed E-state index contributed by atoms with van der Waals surface area (Å²) in [7, 11) is 1.96. The van der Waals surface area contributed by atoms with Gasteiger partial charge in [-0.25, -0.2) is 0 Å². The number of carbonyl (C=O) groups is 1. The number of likely N-dealkylation sites (tertiary alicyclic amines) is 2. The number of para-hydroxylation sites is 1. The second kappa shape index (κ2) is 9.18. The number of piperidine rings is 1. The molecule has 6 heteroatoms. The lowest BCUT2D eigenvalue weighted by Crippen LogP contribution is -2.52. The number of anilines is 1. The van der Waals surface area contributed by atoms with Crippen molar-refractivity contribution in [1.29, 1.82) is 0 Å². The molecule has 1 unspecified atom stereocenters. The summed E-state index contributed by atoms with van der Waals surface area (Å²) in [5.41, 5.74) is 2.56. The van der Waals surface area contributed by atoms with Crippen LogP contribution >= 0.6 is 0 Å². The Labute approximate surface area is 174 Å². The number of carbonyl (C=O) groups excluding carboxylic acids is 1. The first-order valence-electron chi connectivity index (χ1n) is 11.1. The Balaban J connectivity index is 1.53. The molecule has 1 atom stereocenters. The summed E-state index contributed by atoms with van der Waals surface area (Å²) >= 11 is 0. The number of rotatable bonds is 6. The van der Waals surface area contributed by atoms with Crippen LogP contribution < -0.4 is 10.2 Å². The van der Waals surface area contributed by atoms with E-state index in [2.05, 4.69) is 15.1 Å². The minimum atomic E-state index is -0.467. The molecule has 1 aromatic carbocycles. The smallest absolute Gasteiger partial charge is 0.247 e. The van der Waals surface area contributed by atoms with Crippen molar-refractivity contribution in [2.75, 3.05) is 57.8 Å². The lowest BCUT2D eigenvalue weighted by molar-refractivity contribution is -0.121. The molecule has 6 nitrogen and oxygen atoms in total. The lowest BCUT2D eigenvalue weighted by Gasteiger charge is -2.39.